The molecule has 1 heterocycles. The third-order valence-electron chi connectivity index (χ3n) is 11.7. The van der Waals surface area contributed by atoms with Crippen molar-refractivity contribution in [1.29, 1.82) is 0 Å². The Bertz CT molecular complexity index is 3300. The fourth-order valence-corrected chi connectivity index (χ4v) is 8.69. The van der Waals surface area contributed by atoms with E-state index in [1.807, 2.05) is 6.07 Å². The molecule has 0 atom stereocenters. The van der Waals surface area contributed by atoms with Crippen molar-refractivity contribution in [2.24, 2.45) is 0 Å². The molecule has 282 valence electrons. The predicted molar refractivity (Wildman–Crippen MR) is 253 cm³/mol. The second kappa shape index (κ2) is 15.1. The van der Waals surface area contributed by atoms with Crippen molar-refractivity contribution in [3.8, 4) is 55.8 Å². The van der Waals surface area contributed by atoms with E-state index in [4.69, 9.17) is 4.42 Å². The van der Waals surface area contributed by atoms with Crippen LogP contribution in [0.15, 0.2) is 241 Å². The van der Waals surface area contributed by atoms with Gasteiger partial charge in [-0.1, -0.05) is 182 Å². The second-order valence-corrected chi connectivity index (χ2v) is 15.3. The largest absolute Gasteiger partial charge is 0.455 e. The van der Waals surface area contributed by atoms with Crippen LogP contribution in [-0.4, -0.2) is 0 Å². The van der Waals surface area contributed by atoms with E-state index >= 15 is 0 Å². The summed E-state index contributed by atoms with van der Waals surface area (Å²) in [6.07, 6.45) is 0. The normalized spacial score (nSPS) is 11.3. The van der Waals surface area contributed by atoms with E-state index in [-0.39, 0.29) is 0 Å². The standard InChI is InChI=1S/C58H39NO/c1-2-15-44(16-3-1)57-55-24-8-9-26-56(55)60-58(57)49-21-11-22-52(39-49)59(51-35-31-42(32-36-51)47-28-27-40-13-4-5-17-45(40)37-47)50-33-29-41(30-34-50)46-19-10-20-48(38-46)54-25-12-18-43-14-6-7-23-53(43)54/h1-39H. The first-order valence-corrected chi connectivity index (χ1v) is 20.5. The molecule has 0 amide bonds. The Hall–Kier alpha value is -7.94. The minimum atomic E-state index is 0.859. The molecular formula is C58H39NO. The number of rotatable bonds is 8. The summed E-state index contributed by atoms with van der Waals surface area (Å²) in [6, 6.07) is 84.7. The lowest BCUT2D eigenvalue weighted by Crippen LogP contribution is -2.10. The molecule has 0 unspecified atom stereocenters. The van der Waals surface area contributed by atoms with Crippen LogP contribution in [0.2, 0.25) is 0 Å². The van der Waals surface area contributed by atoms with Gasteiger partial charge in [0.15, 0.2) is 0 Å². The average Bonchev–Trinajstić information content (AvgIpc) is 3.72. The SMILES string of the molecule is c1ccc(-c2c(-c3cccc(N(c4ccc(-c5cccc(-c6cccc7ccccc67)c5)cc4)c4ccc(-c5ccc6ccccc6c5)cc4)c3)oc3ccccc23)cc1. The number of para-hydroxylation sites is 1. The van der Waals surface area contributed by atoms with Gasteiger partial charge in [0.2, 0.25) is 0 Å². The molecule has 0 saturated heterocycles. The maximum absolute atomic E-state index is 6.69. The number of benzene rings is 10. The Morgan fingerprint density at radius 1 is 0.283 bits per heavy atom. The maximum Gasteiger partial charge on any atom is 0.143 e. The van der Waals surface area contributed by atoms with Crippen LogP contribution in [0.5, 0.6) is 0 Å². The van der Waals surface area contributed by atoms with Crippen molar-refractivity contribution in [2.45, 2.75) is 0 Å². The van der Waals surface area contributed by atoms with Crippen molar-refractivity contribution < 1.29 is 4.42 Å². The molecule has 0 aliphatic heterocycles. The van der Waals surface area contributed by atoms with E-state index in [1.54, 1.807) is 0 Å². The van der Waals surface area contributed by atoms with Gasteiger partial charge in [0.1, 0.15) is 11.3 Å². The van der Waals surface area contributed by atoms with Gasteiger partial charge >= 0.3 is 0 Å². The van der Waals surface area contributed by atoms with Gasteiger partial charge in [0.05, 0.1) is 0 Å². The third kappa shape index (κ3) is 6.51. The molecule has 0 aliphatic carbocycles. The minimum Gasteiger partial charge on any atom is -0.455 e. The molecule has 0 bridgehead atoms. The Morgan fingerprint density at radius 2 is 0.833 bits per heavy atom. The van der Waals surface area contributed by atoms with Gasteiger partial charge in [-0.05, 0) is 115 Å². The first-order chi connectivity index (χ1) is 29.7. The van der Waals surface area contributed by atoms with Crippen molar-refractivity contribution in [3.05, 3.63) is 237 Å². The number of hydrogen-bond donors (Lipinski definition) is 0. The molecule has 10 aromatic carbocycles. The Balaban J connectivity index is 1.01. The molecule has 0 N–H and O–H groups in total. The summed E-state index contributed by atoms with van der Waals surface area (Å²) in [4.78, 5) is 2.34. The third-order valence-corrected chi connectivity index (χ3v) is 11.7. The van der Waals surface area contributed by atoms with Crippen LogP contribution in [0.25, 0.3) is 88.3 Å². The Kier molecular flexibility index (Phi) is 8.87. The summed E-state index contributed by atoms with van der Waals surface area (Å²) >= 11 is 0. The lowest BCUT2D eigenvalue weighted by Gasteiger charge is -2.26. The van der Waals surface area contributed by atoms with Gasteiger partial charge in [-0.2, -0.15) is 0 Å². The lowest BCUT2D eigenvalue weighted by molar-refractivity contribution is 0.632. The predicted octanol–water partition coefficient (Wildman–Crippen LogP) is 16.5. The quantitative estimate of drug-likeness (QED) is 0.153. The van der Waals surface area contributed by atoms with Crippen LogP contribution in [0, 0.1) is 0 Å². The molecule has 2 nitrogen and oxygen atoms in total. The van der Waals surface area contributed by atoms with Crippen LogP contribution in [0.3, 0.4) is 0 Å². The molecule has 1 aromatic heterocycles. The summed E-state index contributed by atoms with van der Waals surface area (Å²) < 4.78 is 6.69. The van der Waals surface area contributed by atoms with Crippen molar-refractivity contribution in [3.63, 3.8) is 0 Å². The fourth-order valence-electron chi connectivity index (χ4n) is 8.69. The number of nitrogens with zero attached hydrogens (tertiary/aromatic N) is 1. The highest BCUT2D eigenvalue weighted by atomic mass is 16.3. The smallest absolute Gasteiger partial charge is 0.143 e. The van der Waals surface area contributed by atoms with Crippen molar-refractivity contribution >= 4 is 49.6 Å². The number of fused-ring (bicyclic) bond motifs is 3. The van der Waals surface area contributed by atoms with Crippen molar-refractivity contribution in [1.82, 2.24) is 0 Å². The Labute approximate surface area is 349 Å². The zero-order chi connectivity index (χ0) is 39.8. The zero-order valence-electron chi connectivity index (χ0n) is 32.9. The fraction of sp³-hybridized carbons (Fsp3) is 0. The van der Waals surface area contributed by atoms with Gasteiger partial charge in [-0.25, -0.2) is 0 Å². The maximum atomic E-state index is 6.69. The molecule has 0 fully saturated rings. The summed E-state index contributed by atoms with van der Waals surface area (Å²) in [5, 5.41) is 6.09. The first kappa shape index (κ1) is 35.2. The van der Waals surface area contributed by atoms with Crippen molar-refractivity contribution in [2.75, 3.05) is 4.90 Å². The highest BCUT2D eigenvalue weighted by Gasteiger charge is 2.20. The molecule has 0 saturated carbocycles. The molecule has 0 spiro atoms. The van der Waals surface area contributed by atoms with Crippen LogP contribution in [0.1, 0.15) is 0 Å². The van der Waals surface area contributed by atoms with Gasteiger partial charge in [-0.15, -0.1) is 0 Å². The van der Waals surface area contributed by atoms with E-state index in [0.29, 0.717) is 0 Å². The van der Waals surface area contributed by atoms with E-state index in [1.165, 1.54) is 49.4 Å². The van der Waals surface area contributed by atoms with Gasteiger partial charge < -0.3 is 9.32 Å². The van der Waals surface area contributed by atoms with Crippen LogP contribution in [0.4, 0.5) is 17.1 Å². The summed E-state index contributed by atoms with van der Waals surface area (Å²) in [7, 11) is 0. The van der Waals surface area contributed by atoms with Gasteiger partial charge in [-0.3, -0.25) is 0 Å². The Morgan fingerprint density at radius 3 is 1.62 bits per heavy atom. The van der Waals surface area contributed by atoms with E-state index in [9.17, 15) is 0 Å². The number of furan rings is 1. The molecule has 0 aliphatic rings. The lowest BCUT2D eigenvalue weighted by atomic mass is 9.95. The van der Waals surface area contributed by atoms with Crippen LogP contribution in [-0.2, 0) is 0 Å². The van der Waals surface area contributed by atoms with Crippen LogP contribution < -0.4 is 4.90 Å². The monoisotopic (exact) mass is 765 g/mol. The van der Waals surface area contributed by atoms with Gasteiger partial charge in [0, 0.05) is 33.6 Å². The molecule has 11 aromatic rings. The van der Waals surface area contributed by atoms with E-state index in [2.05, 4.69) is 235 Å². The summed E-state index contributed by atoms with van der Waals surface area (Å²) in [5.41, 5.74) is 14.4. The molecular weight excluding hydrogens is 727 g/mol. The van der Waals surface area contributed by atoms with E-state index < -0.39 is 0 Å². The minimum absolute atomic E-state index is 0.859. The second-order valence-electron chi connectivity index (χ2n) is 15.3. The van der Waals surface area contributed by atoms with Gasteiger partial charge in [0.25, 0.3) is 0 Å². The molecule has 11 rings (SSSR count). The van der Waals surface area contributed by atoms with E-state index in [0.717, 1.165) is 56.0 Å². The zero-order valence-corrected chi connectivity index (χ0v) is 32.9. The summed E-state index contributed by atoms with van der Waals surface area (Å²) in [6.45, 7) is 0. The molecule has 2 heteroatoms. The molecule has 60 heavy (non-hydrogen) atoms. The molecule has 0 radical (unpaired) electrons. The average molecular weight is 766 g/mol. The number of hydrogen-bond acceptors (Lipinski definition) is 2. The highest BCUT2D eigenvalue weighted by Crippen LogP contribution is 2.44. The topological polar surface area (TPSA) is 16.4 Å². The highest BCUT2D eigenvalue weighted by molar-refractivity contribution is 6.02. The number of anilines is 3. The summed E-state index contributed by atoms with van der Waals surface area (Å²) in [5.74, 6) is 0.859. The first-order valence-electron chi connectivity index (χ1n) is 20.5. The van der Waals surface area contributed by atoms with Crippen LogP contribution >= 0.6 is 0 Å².